The van der Waals surface area contributed by atoms with Gasteiger partial charge in [-0.15, -0.1) is 0 Å². The zero-order chi connectivity index (χ0) is 44.3. The van der Waals surface area contributed by atoms with Crippen molar-refractivity contribution in [2.75, 3.05) is 0 Å². The third-order valence-corrected chi connectivity index (χ3v) is 11.4. The monoisotopic (exact) mass is 922 g/mol. The van der Waals surface area contributed by atoms with E-state index in [0.29, 0.717) is 26.5 Å². The van der Waals surface area contributed by atoms with E-state index in [1.165, 1.54) is 52.6 Å². The minimum absolute atomic E-state index is 0. The van der Waals surface area contributed by atoms with E-state index < -0.39 is 28.5 Å². The van der Waals surface area contributed by atoms with Crippen molar-refractivity contribution >= 4 is 89.8 Å². The van der Waals surface area contributed by atoms with Crippen molar-refractivity contribution in [3.05, 3.63) is 192 Å². The zero-order valence-electron chi connectivity index (χ0n) is 33.0. The van der Waals surface area contributed by atoms with E-state index in [0.717, 1.165) is 39.1 Å². The van der Waals surface area contributed by atoms with Crippen LogP contribution in [-0.4, -0.2) is 31.1 Å². The van der Waals surface area contributed by atoms with Gasteiger partial charge in [0.15, 0.2) is 5.75 Å². The Hall–Kier alpha value is -6.61. The summed E-state index contributed by atoms with van der Waals surface area (Å²) in [5.74, 6) is -0.462. The predicted molar refractivity (Wildman–Crippen MR) is 248 cm³/mol. The van der Waals surface area contributed by atoms with Crippen LogP contribution in [-0.2, 0) is 10.1 Å². The first kappa shape index (κ1) is 45.4. The van der Waals surface area contributed by atoms with E-state index >= 15 is 0 Å². The zero-order valence-corrected chi connectivity index (χ0v) is 35.4. The molecule has 0 fully saturated rings. The van der Waals surface area contributed by atoms with Crippen molar-refractivity contribution in [1.82, 2.24) is 0 Å². The number of hydrogen-bond acceptors (Lipinski definition) is 7. The molecule has 10 aromatic rings. The fourth-order valence-corrected chi connectivity index (χ4v) is 7.79. The molecule has 0 unspecified atom stereocenters. The topological polar surface area (TPSA) is 110 Å². The second-order valence-electron chi connectivity index (χ2n) is 14.1. The SMILES string of the molecule is Clc1ccc2c(c1)oc1cccc(-c3ccc(-c4ccccc4)cc3)c12.F.O=S(=O)(Oc1cccc2oc3cc(Cl)ccc3c12)C(F)(F)F.OB(O)c1ccc(-c2ccccc2)cc1. The highest BCUT2D eigenvalue weighted by Crippen LogP contribution is 2.40. The van der Waals surface area contributed by atoms with Gasteiger partial charge in [-0.05, 0) is 81.3 Å². The highest BCUT2D eigenvalue weighted by Gasteiger charge is 2.48. The molecule has 8 aromatic carbocycles. The molecule has 0 aliphatic rings. The molecule has 0 bridgehead atoms. The van der Waals surface area contributed by atoms with Crippen LogP contribution in [0.3, 0.4) is 0 Å². The van der Waals surface area contributed by atoms with Crippen molar-refractivity contribution in [3.8, 4) is 39.1 Å². The molecule has 7 nitrogen and oxygen atoms in total. The number of rotatable bonds is 6. The van der Waals surface area contributed by atoms with Crippen LogP contribution in [0.25, 0.3) is 77.3 Å². The fraction of sp³-hybridized carbons (Fsp3) is 0.0204. The van der Waals surface area contributed by atoms with Gasteiger partial charge in [-0.2, -0.15) is 21.6 Å². The molecule has 0 radical (unpaired) electrons. The van der Waals surface area contributed by atoms with Gasteiger partial charge in [-0.25, -0.2) is 0 Å². The maximum absolute atomic E-state index is 12.5. The van der Waals surface area contributed by atoms with Crippen LogP contribution in [0.5, 0.6) is 5.75 Å². The van der Waals surface area contributed by atoms with E-state index in [-0.39, 0.29) is 15.7 Å². The molecule has 2 aromatic heterocycles. The summed E-state index contributed by atoms with van der Waals surface area (Å²) in [6.07, 6.45) is 0. The molecule has 322 valence electrons. The van der Waals surface area contributed by atoms with Crippen molar-refractivity contribution in [2.24, 2.45) is 0 Å². The highest BCUT2D eigenvalue weighted by atomic mass is 35.5. The number of hydrogen-bond donors (Lipinski definition) is 2. The van der Waals surface area contributed by atoms with Gasteiger partial charge < -0.3 is 23.1 Å². The molecule has 0 spiro atoms. The summed E-state index contributed by atoms with van der Waals surface area (Å²) in [6, 6.07) is 56.7. The van der Waals surface area contributed by atoms with Gasteiger partial charge in [0.05, 0.1) is 5.39 Å². The second-order valence-corrected chi connectivity index (χ2v) is 16.5. The number of furan rings is 2. The van der Waals surface area contributed by atoms with Gasteiger partial charge in [-0.3, -0.25) is 4.70 Å². The van der Waals surface area contributed by atoms with Crippen LogP contribution in [0.4, 0.5) is 17.9 Å². The molecule has 0 saturated heterocycles. The number of halogens is 6. The molecule has 64 heavy (non-hydrogen) atoms. The first-order valence-electron chi connectivity index (χ1n) is 19.2. The molecule has 15 heteroatoms. The Morgan fingerprint density at radius 1 is 0.500 bits per heavy atom. The molecule has 2 heterocycles. The minimum atomic E-state index is -5.76. The Bertz CT molecular complexity index is 3310. The molecule has 0 aliphatic heterocycles. The summed E-state index contributed by atoms with van der Waals surface area (Å²) in [7, 11) is -7.16. The summed E-state index contributed by atoms with van der Waals surface area (Å²) < 4.78 is 75.4. The average molecular weight is 924 g/mol. The van der Waals surface area contributed by atoms with Crippen molar-refractivity contribution in [1.29, 1.82) is 0 Å². The summed E-state index contributed by atoms with van der Waals surface area (Å²) in [4.78, 5) is 0. The summed E-state index contributed by atoms with van der Waals surface area (Å²) >= 11 is 11.9. The van der Waals surface area contributed by atoms with Crippen LogP contribution in [0.1, 0.15) is 0 Å². The largest absolute Gasteiger partial charge is 0.534 e. The summed E-state index contributed by atoms with van der Waals surface area (Å²) in [6.45, 7) is 0. The second kappa shape index (κ2) is 19.0. The third-order valence-electron chi connectivity index (χ3n) is 9.98. The van der Waals surface area contributed by atoms with Crippen LogP contribution < -0.4 is 9.65 Å². The smallest absolute Gasteiger partial charge is 0.456 e. The minimum Gasteiger partial charge on any atom is -0.456 e. The van der Waals surface area contributed by atoms with Crippen LogP contribution in [0.15, 0.2) is 191 Å². The van der Waals surface area contributed by atoms with E-state index in [1.807, 2.05) is 78.9 Å². The van der Waals surface area contributed by atoms with Gasteiger partial charge in [0, 0.05) is 38.3 Å². The van der Waals surface area contributed by atoms with Crippen molar-refractivity contribution in [3.63, 3.8) is 0 Å². The summed E-state index contributed by atoms with van der Waals surface area (Å²) in [5, 5.41) is 21.7. The third kappa shape index (κ3) is 9.79. The maximum atomic E-state index is 12.5. The lowest BCUT2D eigenvalue weighted by atomic mass is 9.80. The Balaban J connectivity index is 0.000000148. The van der Waals surface area contributed by atoms with Crippen LogP contribution in [0, 0.1) is 0 Å². The Labute approximate surface area is 374 Å². The molecule has 0 atom stereocenters. The number of fused-ring (bicyclic) bond motifs is 6. The lowest BCUT2D eigenvalue weighted by Crippen LogP contribution is -2.29. The van der Waals surface area contributed by atoms with Crippen LogP contribution >= 0.6 is 23.2 Å². The Morgan fingerprint density at radius 3 is 1.44 bits per heavy atom. The normalized spacial score (nSPS) is 11.4. The van der Waals surface area contributed by atoms with Crippen molar-refractivity contribution in [2.45, 2.75) is 5.51 Å². The number of benzene rings is 8. The van der Waals surface area contributed by atoms with Crippen molar-refractivity contribution < 1.29 is 49.4 Å². The molecular formula is C49H33BCl2F4O7S. The van der Waals surface area contributed by atoms with E-state index in [1.54, 1.807) is 12.1 Å². The molecular weight excluding hydrogens is 890 g/mol. The van der Waals surface area contributed by atoms with Gasteiger partial charge in [-0.1, -0.05) is 151 Å². The molecule has 0 aliphatic carbocycles. The quantitative estimate of drug-likeness (QED) is 0.0740. The lowest BCUT2D eigenvalue weighted by molar-refractivity contribution is -0.0499. The van der Waals surface area contributed by atoms with E-state index in [2.05, 4.69) is 58.8 Å². The number of alkyl halides is 3. The first-order valence-corrected chi connectivity index (χ1v) is 21.3. The van der Waals surface area contributed by atoms with Gasteiger partial charge in [0.1, 0.15) is 22.3 Å². The van der Waals surface area contributed by atoms with Gasteiger partial charge >= 0.3 is 22.7 Å². The fourth-order valence-electron chi connectivity index (χ4n) is 6.99. The molecule has 0 saturated carbocycles. The van der Waals surface area contributed by atoms with E-state index in [4.69, 9.17) is 42.1 Å². The summed E-state index contributed by atoms with van der Waals surface area (Å²) in [5.41, 5.74) is 4.16. The maximum Gasteiger partial charge on any atom is 0.534 e. The lowest BCUT2D eigenvalue weighted by Gasteiger charge is -2.09. The van der Waals surface area contributed by atoms with Gasteiger partial charge in [0.25, 0.3) is 0 Å². The Morgan fingerprint density at radius 2 is 0.938 bits per heavy atom. The standard InChI is InChI=1S/C24H15ClO.C13H6ClF3O4S.C12H11BO2.FH/c25-19-13-14-21-23(15-19)26-22-8-4-7-20(24(21)22)18-11-9-17(10-12-18)16-5-2-1-3-6-16;14-7-4-5-8-11(6-7)20-9-2-1-3-10(12(8)9)21-22(18,19)13(15,16)17;14-13(15)12-8-6-11(7-9-12)10-4-2-1-3-5-10;/h1-15H;1-6H;1-9,14-15H;1H. The molecule has 0 amide bonds. The Kier molecular flexibility index (Phi) is 13.5. The highest BCUT2D eigenvalue weighted by molar-refractivity contribution is 7.88. The van der Waals surface area contributed by atoms with E-state index in [9.17, 15) is 21.6 Å². The average Bonchev–Trinajstić information content (AvgIpc) is 3.85. The first-order chi connectivity index (χ1) is 30.3. The van der Waals surface area contributed by atoms with Crippen LogP contribution in [0.2, 0.25) is 10.0 Å². The molecule has 2 N–H and O–H groups in total. The molecule has 10 rings (SSSR count). The van der Waals surface area contributed by atoms with Gasteiger partial charge in [0.2, 0.25) is 0 Å². The predicted octanol–water partition coefficient (Wildman–Crippen LogP) is 13.2.